The van der Waals surface area contributed by atoms with E-state index in [1.165, 1.54) is 44.1 Å². The largest absolute Gasteiger partial charge is 0.350 e. The quantitative estimate of drug-likeness (QED) is 0.476. The number of hydrogen-bond donors (Lipinski definition) is 1. The number of aromatic nitrogens is 5. The summed E-state index contributed by atoms with van der Waals surface area (Å²) >= 11 is 0. The average Bonchev–Trinajstić information content (AvgIpc) is 3.22. The van der Waals surface area contributed by atoms with Crippen LogP contribution in [-0.2, 0) is 6.54 Å². The molecule has 5 rings (SSSR count). The van der Waals surface area contributed by atoms with Gasteiger partial charge in [0.15, 0.2) is 0 Å². The summed E-state index contributed by atoms with van der Waals surface area (Å²) in [6.45, 7) is 11.5. The molecule has 0 aromatic carbocycles. The van der Waals surface area contributed by atoms with E-state index < -0.39 is 0 Å². The van der Waals surface area contributed by atoms with Crippen LogP contribution in [0, 0.1) is 12.3 Å². The van der Waals surface area contributed by atoms with E-state index in [9.17, 15) is 0 Å². The Morgan fingerprint density at radius 3 is 2.66 bits per heavy atom. The minimum Gasteiger partial charge on any atom is -0.350 e. The first-order valence-electron chi connectivity index (χ1n) is 13.8. The van der Waals surface area contributed by atoms with Gasteiger partial charge >= 0.3 is 0 Å². The van der Waals surface area contributed by atoms with E-state index in [1.54, 1.807) is 0 Å². The highest BCUT2D eigenvalue weighted by atomic mass is 15.4. The summed E-state index contributed by atoms with van der Waals surface area (Å²) in [4.78, 5) is 9.49. The van der Waals surface area contributed by atoms with Gasteiger partial charge in [0.1, 0.15) is 5.82 Å². The lowest BCUT2D eigenvalue weighted by Crippen LogP contribution is -2.19. The van der Waals surface area contributed by atoms with E-state index >= 15 is 0 Å². The molecule has 0 spiro atoms. The van der Waals surface area contributed by atoms with Crippen molar-refractivity contribution in [3.63, 3.8) is 0 Å². The van der Waals surface area contributed by atoms with Crippen LogP contribution in [0.15, 0.2) is 48.5 Å². The van der Waals surface area contributed by atoms with Crippen molar-refractivity contribution >= 4 is 5.95 Å². The molecule has 0 saturated heterocycles. The Morgan fingerprint density at radius 1 is 1.00 bits per heavy atom. The Kier molecular flexibility index (Phi) is 8.30. The fraction of sp³-hybridized carbons (Fsp3) is 0.621. The maximum Gasteiger partial charge on any atom is 0.242 e. The molecule has 2 aromatic heterocycles. The maximum absolute atomic E-state index is 5.07. The van der Waals surface area contributed by atoms with Crippen molar-refractivity contribution < 1.29 is 0 Å². The summed E-state index contributed by atoms with van der Waals surface area (Å²) in [5.41, 5.74) is 2.55. The molecule has 1 fully saturated rings. The zero-order valence-electron chi connectivity index (χ0n) is 22.4. The smallest absolute Gasteiger partial charge is 0.242 e. The van der Waals surface area contributed by atoms with Gasteiger partial charge in [-0.3, -0.25) is 0 Å². The molecule has 6 nitrogen and oxygen atoms in total. The van der Waals surface area contributed by atoms with Crippen LogP contribution in [0.5, 0.6) is 0 Å². The number of anilines is 1. The van der Waals surface area contributed by atoms with Crippen molar-refractivity contribution in [3.05, 3.63) is 60.0 Å². The fourth-order valence-electron chi connectivity index (χ4n) is 5.50. The van der Waals surface area contributed by atoms with E-state index in [0.29, 0.717) is 18.0 Å². The summed E-state index contributed by atoms with van der Waals surface area (Å²) < 4.78 is 4.48. The van der Waals surface area contributed by atoms with Crippen LogP contribution in [0.3, 0.4) is 0 Å². The number of hydrogen-bond acceptors (Lipinski definition) is 4. The second kappa shape index (κ2) is 11.4. The molecule has 3 unspecified atom stereocenters. The van der Waals surface area contributed by atoms with Crippen molar-refractivity contribution in [1.29, 1.82) is 0 Å². The second-order valence-electron chi connectivity index (χ2n) is 10.7. The van der Waals surface area contributed by atoms with Crippen LogP contribution in [0.1, 0.15) is 103 Å². The number of nitrogens with zero attached hydrogens (tertiary/aromatic N) is 5. The SMILES string of the molecule is CC.Cc1cn(C2CCCC(Nc3nc4n(n3)CCCCC4C3=CC=CC(C)(C)C=C3)CC2)cn1. The second-order valence-corrected chi connectivity index (χ2v) is 10.7. The molecule has 3 atom stereocenters. The van der Waals surface area contributed by atoms with E-state index in [4.69, 9.17) is 10.1 Å². The molecular formula is C29H44N6. The third kappa shape index (κ3) is 6.33. The highest BCUT2D eigenvalue weighted by molar-refractivity contribution is 5.38. The van der Waals surface area contributed by atoms with E-state index in [-0.39, 0.29) is 5.41 Å². The lowest BCUT2D eigenvalue weighted by atomic mass is 9.90. The van der Waals surface area contributed by atoms with Crippen LogP contribution in [0.25, 0.3) is 0 Å². The van der Waals surface area contributed by atoms with E-state index in [2.05, 4.69) is 76.9 Å². The van der Waals surface area contributed by atoms with Gasteiger partial charge in [0.25, 0.3) is 0 Å². The number of imidazole rings is 1. The molecule has 0 radical (unpaired) electrons. The van der Waals surface area contributed by atoms with Crippen molar-refractivity contribution in [2.24, 2.45) is 5.41 Å². The summed E-state index contributed by atoms with van der Waals surface area (Å²) in [7, 11) is 0. The molecule has 3 heterocycles. The Balaban J connectivity index is 0.00000141. The van der Waals surface area contributed by atoms with Gasteiger partial charge in [0.05, 0.1) is 12.0 Å². The van der Waals surface area contributed by atoms with E-state index in [1.807, 2.05) is 20.2 Å². The number of fused-ring (bicyclic) bond motifs is 1. The minimum absolute atomic E-state index is 0.0934. The highest BCUT2D eigenvalue weighted by Crippen LogP contribution is 2.36. The molecular weight excluding hydrogens is 432 g/mol. The summed E-state index contributed by atoms with van der Waals surface area (Å²) in [6, 6.07) is 0.991. The Hall–Kier alpha value is -2.63. The molecule has 1 aliphatic heterocycles. The van der Waals surface area contributed by atoms with Crippen LogP contribution in [0.2, 0.25) is 0 Å². The Bertz CT molecular complexity index is 1050. The molecule has 0 amide bonds. The maximum atomic E-state index is 5.07. The third-order valence-corrected chi connectivity index (χ3v) is 7.47. The fourth-order valence-corrected chi connectivity index (χ4v) is 5.50. The summed E-state index contributed by atoms with van der Waals surface area (Å²) in [6.07, 6.45) is 25.0. The first-order chi connectivity index (χ1) is 17.0. The average molecular weight is 477 g/mol. The number of aryl methyl sites for hydroxylation is 2. The van der Waals surface area contributed by atoms with Gasteiger partial charge in [-0.1, -0.05) is 64.5 Å². The number of allylic oxidation sites excluding steroid dienone is 6. The Morgan fingerprint density at radius 2 is 1.86 bits per heavy atom. The van der Waals surface area contributed by atoms with Crippen molar-refractivity contribution in [2.75, 3.05) is 5.32 Å². The third-order valence-electron chi connectivity index (χ3n) is 7.47. The molecule has 35 heavy (non-hydrogen) atoms. The molecule has 190 valence electrons. The molecule has 1 saturated carbocycles. The highest BCUT2D eigenvalue weighted by Gasteiger charge is 2.27. The normalized spacial score (nSPS) is 25.9. The summed E-state index contributed by atoms with van der Waals surface area (Å²) in [5, 5.41) is 8.63. The molecule has 3 aliphatic rings. The summed E-state index contributed by atoms with van der Waals surface area (Å²) in [5.74, 6) is 2.25. The predicted molar refractivity (Wildman–Crippen MR) is 145 cm³/mol. The van der Waals surface area contributed by atoms with Crippen molar-refractivity contribution in [1.82, 2.24) is 24.3 Å². The van der Waals surface area contributed by atoms with Gasteiger partial charge in [0.2, 0.25) is 5.95 Å². The Labute approximate surface area is 211 Å². The topological polar surface area (TPSA) is 60.6 Å². The lowest BCUT2D eigenvalue weighted by molar-refractivity contribution is 0.441. The monoisotopic (exact) mass is 476 g/mol. The van der Waals surface area contributed by atoms with Gasteiger partial charge in [-0.05, 0) is 57.4 Å². The van der Waals surface area contributed by atoms with Gasteiger partial charge in [0, 0.05) is 36.2 Å². The standard InChI is InChI=1S/C27H38N6.C2H6/c1-20-18-32(19-28-20)23-10-6-9-22(12-13-23)29-26-30-25-24(11-4-5-17-33(25)31-26)21-8-7-15-27(2,3)16-14-21;1-2/h7-8,14-16,18-19,22-24H,4-6,9-13,17H2,1-3H3,(H,29,31);1-2H3. The predicted octanol–water partition coefficient (Wildman–Crippen LogP) is 7.14. The number of nitrogens with one attached hydrogen (secondary N) is 1. The van der Waals surface area contributed by atoms with Crippen LogP contribution >= 0.6 is 0 Å². The van der Waals surface area contributed by atoms with Gasteiger partial charge < -0.3 is 9.88 Å². The van der Waals surface area contributed by atoms with Gasteiger partial charge in [-0.15, -0.1) is 5.10 Å². The first kappa shape index (κ1) is 25.5. The molecule has 6 heteroatoms. The first-order valence-corrected chi connectivity index (χ1v) is 13.8. The lowest BCUT2D eigenvalue weighted by Gasteiger charge is -2.17. The van der Waals surface area contributed by atoms with Crippen molar-refractivity contribution in [2.45, 2.75) is 111 Å². The van der Waals surface area contributed by atoms with Gasteiger partial charge in [-0.2, -0.15) is 4.98 Å². The van der Waals surface area contributed by atoms with Crippen LogP contribution in [0.4, 0.5) is 5.95 Å². The molecule has 0 bridgehead atoms. The van der Waals surface area contributed by atoms with Crippen LogP contribution < -0.4 is 5.32 Å². The molecule has 1 N–H and O–H groups in total. The number of rotatable bonds is 4. The van der Waals surface area contributed by atoms with Crippen LogP contribution in [-0.4, -0.2) is 30.4 Å². The zero-order chi connectivity index (χ0) is 24.8. The zero-order valence-corrected chi connectivity index (χ0v) is 22.4. The molecule has 2 aliphatic carbocycles. The van der Waals surface area contributed by atoms with Gasteiger partial charge in [-0.25, -0.2) is 9.67 Å². The van der Waals surface area contributed by atoms with Crippen molar-refractivity contribution in [3.8, 4) is 0 Å². The minimum atomic E-state index is 0.0934. The molecule has 2 aromatic rings. The van der Waals surface area contributed by atoms with E-state index in [0.717, 1.165) is 36.9 Å².